The summed E-state index contributed by atoms with van der Waals surface area (Å²) >= 11 is 0. The van der Waals surface area contributed by atoms with Crippen LogP contribution in [0.2, 0.25) is 0 Å². The van der Waals surface area contributed by atoms with Gasteiger partial charge in [0.15, 0.2) is 0 Å². The fraction of sp³-hybridized carbons (Fsp3) is 0.704. The quantitative estimate of drug-likeness (QED) is 0.596. The number of hydrogen-bond acceptors (Lipinski definition) is 5. The first-order chi connectivity index (χ1) is 17.0. The molecule has 1 aliphatic carbocycles. The first-order valence-electron chi connectivity index (χ1n) is 13.3. The molecule has 7 nitrogen and oxygen atoms in total. The van der Waals surface area contributed by atoms with Gasteiger partial charge in [0, 0.05) is 48.8 Å². The van der Waals surface area contributed by atoms with Crippen molar-refractivity contribution < 1.29 is 23.5 Å². The number of carbonyl (C=O) groups excluding carboxylic acids is 2. The number of likely N-dealkylation sites (tertiary alicyclic amines) is 1. The molecule has 0 radical (unpaired) electrons. The lowest BCUT2D eigenvalue weighted by molar-refractivity contribution is -0.119. The summed E-state index contributed by atoms with van der Waals surface area (Å²) in [6.07, 6.45) is 7.70. The summed E-state index contributed by atoms with van der Waals surface area (Å²) < 4.78 is 24.7. The first-order valence-corrected chi connectivity index (χ1v) is 13.3. The highest BCUT2D eigenvalue weighted by Gasteiger charge is 2.51. The lowest BCUT2D eigenvalue weighted by Crippen LogP contribution is -2.55. The molecule has 3 saturated heterocycles. The van der Waals surface area contributed by atoms with E-state index in [1.54, 1.807) is 13.2 Å². The SMILES string of the molecule is COCCOC(=O)N1C2CCC1CC(N1CCC3(CC1)CN(C(=O)C1CC1)c1ccc(F)cc13)C2. The van der Waals surface area contributed by atoms with E-state index in [1.807, 2.05) is 15.9 Å². The number of halogens is 1. The number of methoxy groups -OCH3 is 1. The number of anilines is 1. The number of carbonyl (C=O) groups is 2. The number of piperidine rings is 2. The van der Waals surface area contributed by atoms with E-state index in [9.17, 15) is 14.0 Å². The minimum atomic E-state index is -0.215. The summed E-state index contributed by atoms with van der Waals surface area (Å²) in [5, 5.41) is 0. The van der Waals surface area contributed by atoms with Gasteiger partial charge in [0.2, 0.25) is 5.91 Å². The third kappa shape index (κ3) is 4.12. The van der Waals surface area contributed by atoms with Crippen molar-refractivity contribution in [2.45, 2.75) is 74.9 Å². The van der Waals surface area contributed by atoms with E-state index < -0.39 is 0 Å². The van der Waals surface area contributed by atoms with E-state index in [4.69, 9.17) is 9.47 Å². The number of fused-ring (bicyclic) bond motifs is 4. The number of ether oxygens (including phenoxy) is 2. The Morgan fingerprint density at radius 3 is 2.40 bits per heavy atom. The van der Waals surface area contributed by atoms with Gasteiger partial charge in [0.05, 0.1) is 6.61 Å². The highest BCUT2D eigenvalue weighted by Crippen LogP contribution is 2.50. The van der Waals surface area contributed by atoms with Gasteiger partial charge in [-0.3, -0.25) is 4.79 Å². The van der Waals surface area contributed by atoms with Crippen molar-refractivity contribution in [2.24, 2.45) is 5.92 Å². The second kappa shape index (κ2) is 9.04. The van der Waals surface area contributed by atoms with Gasteiger partial charge < -0.3 is 24.2 Å². The van der Waals surface area contributed by atoms with Gasteiger partial charge in [0.25, 0.3) is 0 Å². The van der Waals surface area contributed by atoms with Crippen molar-refractivity contribution in [3.05, 3.63) is 29.6 Å². The number of benzene rings is 1. The Morgan fingerprint density at radius 2 is 1.74 bits per heavy atom. The summed E-state index contributed by atoms with van der Waals surface area (Å²) in [5.41, 5.74) is 1.80. The minimum absolute atomic E-state index is 0.149. The van der Waals surface area contributed by atoms with E-state index in [0.29, 0.717) is 25.8 Å². The van der Waals surface area contributed by atoms with Crippen molar-refractivity contribution in [1.29, 1.82) is 0 Å². The molecule has 35 heavy (non-hydrogen) atoms. The van der Waals surface area contributed by atoms with Crippen LogP contribution in [0.1, 0.15) is 56.9 Å². The second-order valence-corrected chi connectivity index (χ2v) is 11.2. The standard InChI is InChI=1S/C27H36FN3O4/c1-34-12-13-35-26(33)31-20-5-6-21(31)16-22(15-20)29-10-8-27(9-11-29)17-30(25(32)18-2-3-18)24-7-4-19(28)14-23(24)27/h4,7,14,18,20-22H,2-3,5-6,8-13,15-17H2,1H3. The Labute approximate surface area is 206 Å². The van der Waals surface area contributed by atoms with Crippen LogP contribution < -0.4 is 4.90 Å². The highest BCUT2D eigenvalue weighted by atomic mass is 19.1. The van der Waals surface area contributed by atoms with Crippen molar-refractivity contribution in [3.8, 4) is 0 Å². The molecule has 6 rings (SSSR count). The third-order valence-electron chi connectivity index (χ3n) is 9.18. The summed E-state index contributed by atoms with van der Waals surface area (Å²) in [4.78, 5) is 32.2. The molecule has 0 N–H and O–H groups in total. The molecule has 190 valence electrons. The number of hydrogen-bond donors (Lipinski definition) is 0. The topological polar surface area (TPSA) is 62.3 Å². The summed E-state index contributed by atoms with van der Waals surface area (Å²) in [7, 11) is 1.61. The maximum Gasteiger partial charge on any atom is 0.410 e. The molecule has 8 heteroatoms. The first kappa shape index (κ1) is 23.2. The highest BCUT2D eigenvalue weighted by molar-refractivity contribution is 5.99. The number of amides is 2. The van der Waals surface area contributed by atoms with Gasteiger partial charge in [-0.1, -0.05) is 0 Å². The molecule has 4 heterocycles. The van der Waals surface area contributed by atoms with Crippen LogP contribution in [0.5, 0.6) is 0 Å². The van der Waals surface area contributed by atoms with Gasteiger partial charge in [0.1, 0.15) is 12.4 Å². The van der Waals surface area contributed by atoms with Crippen LogP contribution in [0.15, 0.2) is 18.2 Å². The Balaban J connectivity index is 1.12. The average Bonchev–Trinajstić information content (AvgIpc) is 3.62. The zero-order valence-corrected chi connectivity index (χ0v) is 20.6. The van der Waals surface area contributed by atoms with Crippen LogP contribution >= 0.6 is 0 Å². The molecule has 1 saturated carbocycles. The fourth-order valence-electron chi connectivity index (χ4n) is 7.16. The molecule has 2 atom stereocenters. The summed E-state index contributed by atoms with van der Waals surface area (Å²) in [6, 6.07) is 5.94. The summed E-state index contributed by atoms with van der Waals surface area (Å²) in [6.45, 7) is 3.30. The molecular weight excluding hydrogens is 449 g/mol. The van der Waals surface area contributed by atoms with Gasteiger partial charge in [-0.05, 0) is 88.2 Å². The van der Waals surface area contributed by atoms with Crippen molar-refractivity contribution in [1.82, 2.24) is 9.80 Å². The van der Waals surface area contributed by atoms with E-state index in [1.165, 1.54) is 6.07 Å². The zero-order valence-electron chi connectivity index (χ0n) is 20.6. The largest absolute Gasteiger partial charge is 0.447 e. The molecule has 2 bridgehead atoms. The minimum Gasteiger partial charge on any atom is -0.447 e. The van der Waals surface area contributed by atoms with Crippen LogP contribution in [-0.2, 0) is 19.7 Å². The van der Waals surface area contributed by atoms with Crippen molar-refractivity contribution >= 4 is 17.7 Å². The molecule has 0 aromatic heterocycles. The maximum atomic E-state index is 14.3. The van der Waals surface area contributed by atoms with Crippen LogP contribution in [-0.4, -0.2) is 79.9 Å². The van der Waals surface area contributed by atoms with Crippen molar-refractivity contribution in [2.75, 3.05) is 44.9 Å². The third-order valence-corrected chi connectivity index (χ3v) is 9.18. The van der Waals surface area contributed by atoms with Gasteiger partial charge in [-0.2, -0.15) is 0 Å². The lowest BCUT2D eigenvalue weighted by Gasteiger charge is -2.47. The second-order valence-electron chi connectivity index (χ2n) is 11.2. The fourth-order valence-corrected chi connectivity index (χ4v) is 7.16. The van der Waals surface area contributed by atoms with E-state index >= 15 is 0 Å². The summed E-state index contributed by atoms with van der Waals surface area (Å²) in [5.74, 6) is 0.163. The molecule has 4 fully saturated rings. The maximum absolute atomic E-state index is 14.3. The lowest BCUT2D eigenvalue weighted by atomic mass is 9.73. The monoisotopic (exact) mass is 485 g/mol. The molecule has 1 aromatic carbocycles. The van der Waals surface area contributed by atoms with Crippen LogP contribution in [0.25, 0.3) is 0 Å². The smallest absolute Gasteiger partial charge is 0.410 e. The molecule has 2 unspecified atom stereocenters. The molecular formula is C27H36FN3O4. The predicted molar refractivity (Wildman–Crippen MR) is 129 cm³/mol. The van der Waals surface area contributed by atoms with E-state index in [-0.39, 0.29) is 41.2 Å². The molecule has 1 spiro atoms. The Hall–Kier alpha value is -2.19. The number of rotatable bonds is 5. The Kier molecular flexibility index (Phi) is 6.00. The zero-order chi connectivity index (χ0) is 24.2. The van der Waals surface area contributed by atoms with Gasteiger partial charge >= 0.3 is 6.09 Å². The molecule has 2 amide bonds. The predicted octanol–water partition coefficient (Wildman–Crippen LogP) is 3.69. The van der Waals surface area contributed by atoms with Crippen LogP contribution in [0, 0.1) is 11.7 Å². The Morgan fingerprint density at radius 1 is 1.03 bits per heavy atom. The average molecular weight is 486 g/mol. The normalized spacial score (nSPS) is 29.5. The van der Waals surface area contributed by atoms with Crippen LogP contribution in [0.3, 0.4) is 0 Å². The van der Waals surface area contributed by atoms with Gasteiger partial charge in [-0.15, -0.1) is 0 Å². The number of nitrogens with zero attached hydrogens (tertiary/aromatic N) is 3. The Bertz CT molecular complexity index is 977. The van der Waals surface area contributed by atoms with Crippen LogP contribution in [0.4, 0.5) is 14.9 Å². The van der Waals surface area contributed by atoms with Gasteiger partial charge in [-0.25, -0.2) is 9.18 Å². The van der Waals surface area contributed by atoms with Crippen molar-refractivity contribution in [3.63, 3.8) is 0 Å². The van der Waals surface area contributed by atoms with E-state index in [0.717, 1.165) is 75.7 Å². The molecule has 1 aromatic rings. The van der Waals surface area contributed by atoms with E-state index in [2.05, 4.69) is 4.90 Å². The molecule has 4 aliphatic heterocycles. The molecule has 5 aliphatic rings.